The highest BCUT2D eigenvalue weighted by Crippen LogP contribution is 2.17. The summed E-state index contributed by atoms with van der Waals surface area (Å²) in [6, 6.07) is 9.91. The van der Waals surface area contributed by atoms with Gasteiger partial charge in [0.05, 0.1) is 17.5 Å². The van der Waals surface area contributed by atoms with Crippen molar-refractivity contribution in [1.29, 1.82) is 5.41 Å². The van der Waals surface area contributed by atoms with Gasteiger partial charge in [0.1, 0.15) is 6.04 Å². The molecule has 0 bridgehead atoms. The van der Waals surface area contributed by atoms with Crippen LogP contribution in [-0.4, -0.2) is 61.2 Å². The number of aliphatic carboxylic acids is 1. The molecule has 4 aromatic rings. The van der Waals surface area contributed by atoms with Crippen molar-refractivity contribution in [3.8, 4) is 0 Å². The van der Waals surface area contributed by atoms with Crippen molar-refractivity contribution in [1.82, 2.24) is 30.6 Å². The number of carboxylic acids is 1. The van der Waals surface area contributed by atoms with Crippen LogP contribution >= 0.6 is 0 Å². The van der Waals surface area contributed by atoms with Crippen LogP contribution in [0, 0.1) is 5.41 Å². The number of amides is 2. The molecule has 2 aromatic heterocycles. The van der Waals surface area contributed by atoms with E-state index < -0.39 is 23.8 Å². The van der Waals surface area contributed by atoms with E-state index in [4.69, 9.17) is 28.5 Å². The number of nitrogens with zero attached hydrogens (tertiary/aromatic N) is 6. The Morgan fingerprint density at radius 3 is 2.42 bits per heavy atom. The number of carbonyl (C=O) groups is 3. The van der Waals surface area contributed by atoms with Crippen LogP contribution in [0.3, 0.4) is 0 Å². The molecule has 12 N–H and O–H groups in total. The molecule has 45 heavy (non-hydrogen) atoms. The number of nitrogen functional groups attached to an aromatic ring is 3. The fourth-order valence-electron chi connectivity index (χ4n) is 4.37. The van der Waals surface area contributed by atoms with E-state index in [2.05, 4.69) is 40.9 Å². The third-order valence-corrected chi connectivity index (χ3v) is 6.65. The van der Waals surface area contributed by atoms with Gasteiger partial charge in [-0.15, -0.1) is 5.11 Å². The van der Waals surface area contributed by atoms with Gasteiger partial charge in [0.25, 0.3) is 11.8 Å². The summed E-state index contributed by atoms with van der Waals surface area (Å²) in [5, 5.41) is 29.3. The lowest BCUT2D eigenvalue weighted by molar-refractivity contribution is -0.139. The van der Waals surface area contributed by atoms with Crippen molar-refractivity contribution in [3.63, 3.8) is 0 Å². The Balaban J connectivity index is 1.28. The number of anilines is 3. The molecule has 0 radical (unpaired) electrons. The lowest BCUT2D eigenvalue weighted by Gasteiger charge is -2.15. The van der Waals surface area contributed by atoms with Crippen molar-refractivity contribution >= 4 is 52.2 Å². The van der Waals surface area contributed by atoms with Crippen LogP contribution in [-0.2, 0) is 17.6 Å². The van der Waals surface area contributed by atoms with Gasteiger partial charge in [0, 0.05) is 23.4 Å². The van der Waals surface area contributed by atoms with E-state index in [-0.39, 0.29) is 48.1 Å². The molecule has 0 aliphatic heterocycles. The molecular formula is C28H31N13O4. The number of nitrogens with two attached hydrogens (primary N) is 4. The number of rotatable bonds is 12. The van der Waals surface area contributed by atoms with Crippen molar-refractivity contribution in [2.45, 2.75) is 31.7 Å². The summed E-state index contributed by atoms with van der Waals surface area (Å²) in [5.41, 5.74) is 20.4. The Morgan fingerprint density at radius 1 is 0.956 bits per heavy atom. The number of carbonyl (C=O) groups excluding carboxylic acids is 2. The number of benzene rings is 2. The van der Waals surface area contributed by atoms with Gasteiger partial charge in [-0.05, 0) is 61.6 Å². The number of hydrogen-bond acceptors (Lipinski definition) is 12. The van der Waals surface area contributed by atoms with Gasteiger partial charge in [0.15, 0.2) is 22.8 Å². The molecule has 0 aliphatic rings. The minimum absolute atomic E-state index is 0.0192. The van der Waals surface area contributed by atoms with E-state index in [1.165, 1.54) is 18.2 Å². The zero-order chi connectivity index (χ0) is 32.5. The number of aryl methyl sites for hydroxylation is 2. The summed E-state index contributed by atoms with van der Waals surface area (Å²) in [6.07, 6.45) is 3.02. The molecule has 0 spiro atoms. The van der Waals surface area contributed by atoms with Crippen LogP contribution in [0.5, 0.6) is 0 Å². The molecule has 4 rings (SSSR count). The van der Waals surface area contributed by atoms with Crippen molar-refractivity contribution in [2.24, 2.45) is 16.2 Å². The summed E-state index contributed by atoms with van der Waals surface area (Å²) in [7, 11) is 0. The van der Waals surface area contributed by atoms with E-state index in [0.717, 1.165) is 5.56 Å². The van der Waals surface area contributed by atoms with Gasteiger partial charge in [-0.3, -0.25) is 15.0 Å². The first-order valence-corrected chi connectivity index (χ1v) is 13.6. The second-order valence-corrected chi connectivity index (χ2v) is 9.83. The minimum Gasteiger partial charge on any atom is -0.480 e. The molecule has 2 aromatic carbocycles. The summed E-state index contributed by atoms with van der Waals surface area (Å²) < 4.78 is 0. The Bertz CT molecular complexity index is 1780. The standard InChI is InChI=1S/C28H31N13O4/c29-16-8-10-18(19(12-16)22(30)40-41-33)26(43)34-11-1-2-20(27(44)45)37-25(42)15-6-3-14(4-7-15)5-9-17-13-35-24-21(36-17)23(31)38-28(32)39-24/h3-4,6-8,10,12-13,20H,1-2,5,9,11,29H2,(H,34,43)(H,37,42)(H,44,45)(H3,30,33,40)(H4,31,32,35,38,39)/t20-/m0/s1. The predicted molar refractivity (Wildman–Crippen MR) is 165 cm³/mol. The fourth-order valence-corrected chi connectivity index (χ4v) is 4.37. The fraction of sp³-hybridized carbons (Fsp3) is 0.214. The highest BCUT2D eigenvalue weighted by Gasteiger charge is 2.21. The Morgan fingerprint density at radius 2 is 1.71 bits per heavy atom. The second kappa shape index (κ2) is 14.3. The van der Waals surface area contributed by atoms with Gasteiger partial charge < -0.3 is 38.8 Å². The van der Waals surface area contributed by atoms with Crippen molar-refractivity contribution in [2.75, 3.05) is 23.7 Å². The van der Waals surface area contributed by atoms with E-state index in [0.29, 0.717) is 41.0 Å². The van der Waals surface area contributed by atoms with Crippen LogP contribution < -0.4 is 33.7 Å². The smallest absolute Gasteiger partial charge is 0.326 e. The quantitative estimate of drug-likeness (QED) is 0.0211. The number of nitrogens with one attached hydrogen (secondary N) is 3. The lowest BCUT2D eigenvalue weighted by Crippen LogP contribution is -2.41. The molecule has 0 fully saturated rings. The molecule has 232 valence electrons. The molecule has 2 heterocycles. The van der Waals surface area contributed by atoms with Crippen LogP contribution in [0.15, 0.2) is 59.0 Å². The monoisotopic (exact) mass is 613 g/mol. The summed E-state index contributed by atoms with van der Waals surface area (Å²) in [6.45, 7) is 0.109. The lowest BCUT2D eigenvalue weighted by atomic mass is 10.0. The van der Waals surface area contributed by atoms with Gasteiger partial charge in [0.2, 0.25) is 5.95 Å². The topological polar surface area (TPSA) is 300 Å². The number of carboxylic acid groups (broad SMARTS) is 1. The summed E-state index contributed by atoms with van der Waals surface area (Å²) in [5.74, 6) is 2.55. The first-order chi connectivity index (χ1) is 21.5. The maximum Gasteiger partial charge on any atom is 0.326 e. The molecule has 0 saturated heterocycles. The largest absolute Gasteiger partial charge is 0.480 e. The molecule has 0 saturated carbocycles. The molecule has 1 atom stereocenters. The van der Waals surface area contributed by atoms with E-state index >= 15 is 0 Å². The zero-order valence-corrected chi connectivity index (χ0v) is 23.9. The maximum atomic E-state index is 12.8. The third-order valence-electron chi connectivity index (χ3n) is 6.65. The van der Waals surface area contributed by atoms with E-state index in [1.807, 2.05) is 0 Å². The predicted octanol–water partition coefficient (Wildman–Crippen LogP) is 0.996. The minimum atomic E-state index is -1.21. The van der Waals surface area contributed by atoms with Crippen LogP contribution in [0.4, 0.5) is 17.5 Å². The third kappa shape index (κ3) is 8.19. The van der Waals surface area contributed by atoms with Gasteiger partial charge >= 0.3 is 5.97 Å². The average molecular weight is 614 g/mol. The van der Waals surface area contributed by atoms with E-state index in [1.54, 1.807) is 30.5 Å². The SMILES string of the molecule is N=C(/N=N\N)c1cc(N)ccc1C(=O)NCCC[C@H](NC(=O)c1ccc(CCc2cnc3nc(N)nc(N)c3n2)cc1)C(=O)O. The molecule has 2 amide bonds. The second-order valence-electron chi connectivity index (χ2n) is 9.83. The molecule has 17 heteroatoms. The maximum absolute atomic E-state index is 12.8. The summed E-state index contributed by atoms with van der Waals surface area (Å²) >= 11 is 0. The zero-order valence-electron chi connectivity index (χ0n) is 23.9. The van der Waals surface area contributed by atoms with Crippen LogP contribution in [0.1, 0.15) is 50.4 Å². The number of aromatic nitrogens is 4. The Kier molecular flexibility index (Phi) is 10.0. The van der Waals surface area contributed by atoms with Gasteiger partial charge in [-0.25, -0.2) is 14.8 Å². The molecule has 0 aliphatic carbocycles. The van der Waals surface area contributed by atoms with Gasteiger partial charge in [-0.2, -0.15) is 9.97 Å². The Hall–Kier alpha value is -6.26. The van der Waals surface area contributed by atoms with Gasteiger partial charge in [-0.1, -0.05) is 17.4 Å². The Labute approximate surface area is 256 Å². The number of amidine groups is 1. The highest BCUT2D eigenvalue weighted by atomic mass is 16.4. The average Bonchev–Trinajstić information content (AvgIpc) is 3.01. The number of fused-ring (bicyclic) bond motifs is 1. The van der Waals surface area contributed by atoms with Crippen LogP contribution in [0.25, 0.3) is 11.2 Å². The van der Waals surface area contributed by atoms with Crippen LogP contribution in [0.2, 0.25) is 0 Å². The molecule has 0 unspecified atom stereocenters. The normalized spacial score (nSPS) is 11.7. The first-order valence-electron chi connectivity index (χ1n) is 13.6. The highest BCUT2D eigenvalue weighted by molar-refractivity contribution is 6.09. The molecular weight excluding hydrogens is 582 g/mol. The number of hydrogen-bond donors (Lipinski definition) is 8. The van der Waals surface area contributed by atoms with Crippen molar-refractivity contribution in [3.05, 3.63) is 76.6 Å². The first kappa shape index (κ1) is 31.7. The van der Waals surface area contributed by atoms with E-state index in [9.17, 15) is 19.5 Å². The summed E-state index contributed by atoms with van der Waals surface area (Å²) in [4.78, 5) is 53.9. The molecule has 17 nitrogen and oxygen atoms in total. The van der Waals surface area contributed by atoms with Crippen molar-refractivity contribution < 1.29 is 19.5 Å².